The van der Waals surface area contributed by atoms with E-state index in [9.17, 15) is 4.79 Å². The first-order chi connectivity index (χ1) is 10.2. The van der Waals surface area contributed by atoms with Crippen LogP contribution in [0.25, 0.3) is 0 Å². The summed E-state index contributed by atoms with van der Waals surface area (Å²) in [5.74, 6) is 0. The molecular formula is C12H13BrCl3N3O2S. The molecule has 22 heavy (non-hydrogen) atoms. The van der Waals surface area contributed by atoms with Gasteiger partial charge in [-0.2, -0.15) is 0 Å². The number of alkyl halides is 3. The average Bonchev–Trinajstić information content (AvgIpc) is 2.40. The van der Waals surface area contributed by atoms with Gasteiger partial charge >= 0.3 is 6.09 Å². The van der Waals surface area contributed by atoms with Crippen molar-refractivity contribution in [2.45, 2.75) is 16.9 Å². The van der Waals surface area contributed by atoms with E-state index in [1.807, 2.05) is 18.2 Å². The monoisotopic (exact) mass is 447 g/mol. The Labute approximate surface area is 157 Å². The lowest BCUT2D eigenvalue weighted by Gasteiger charge is -2.27. The third-order valence-corrected chi connectivity index (χ3v) is 3.83. The zero-order chi connectivity index (χ0) is 16.8. The molecule has 1 amide bonds. The van der Waals surface area contributed by atoms with Crippen LogP contribution in [0.15, 0.2) is 28.7 Å². The van der Waals surface area contributed by atoms with Crippen LogP contribution < -0.4 is 16.0 Å². The van der Waals surface area contributed by atoms with Gasteiger partial charge in [-0.1, -0.05) is 46.9 Å². The molecule has 1 atom stereocenters. The number of amides is 1. The lowest BCUT2D eigenvalue weighted by atomic mass is 10.3. The maximum Gasteiger partial charge on any atom is 0.408 e. The van der Waals surface area contributed by atoms with Gasteiger partial charge in [-0.05, 0) is 47.2 Å². The van der Waals surface area contributed by atoms with Crippen molar-refractivity contribution in [1.82, 2.24) is 10.6 Å². The number of anilines is 1. The number of thiocarbonyl (C=S) groups is 1. The van der Waals surface area contributed by atoms with Gasteiger partial charge in [-0.25, -0.2) is 4.79 Å². The molecule has 0 bridgehead atoms. The fraction of sp³-hybridized carbons (Fsp3) is 0.333. The number of hydrogen-bond donors (Lipinski definition) is 3. The fourth-order valence-electron chi connectivity index (χ4n) is 1.34. The van der Waals surface area contributed by atoms with Crippen LogP contribution in [0, 0.1) is 0 Å². The van der Waals surface area contributed by atoms with Gasteiger partial charge in [-0.15, -0.1) is 0 Å². The normalized spacial score (nSPS) is 12.2. The minimum Gasteiger partial charge on any atom is -0.450 e. The van der Waals surface area contributed by atoms with Crippen molar-refractivity contribution in [3.8, 4) is 0 Å². The van der Waals surface area contributed by atoms with E-state index in [0.29, 0.717) is 0 Å². The molecule has 0 aliphatic heterocycles. The molecule has 0 aliphatic rings. The van der Waals surface area contributed by atoms with Crippen LogP contribution in [0.3, 0.4) is 0 Å². The van der Waals surface area contributed by atoms with Crippen LogP contribution >= 0.6 is 63.0 Å². The van der Waals surface area contributed by atoms with Gasteiger partial charge in [-0.3, -0.25) is 5.32 Å². The molecule has 0 fully saturated rings. The molecule has 0 radical (unpaired) electrons. The van der Waals surface area contributed by atoms with Gasteiger partial charge in [0, 0.05) is 4.47 Å². The highest BCUT2D eigenvalue weighted by Gasteiger charge is 2.35. The summed E-state index contributed by atoms with van der Waals surface area (Å²) < 4.78 is 3.73. The molecule has 3 N–H and O–H groups in total. The van der Waals surface area contributed by atoms with E-state index in [1.54, 1.807) is 13.0 Å². The number of carbonyl (C=O) groups excluding carboxylic acids is 1. The number of nitrogens with one attached hydrogen (secondary N) is 3. The third kappa shape index (κ3) is 6.75. The molecule has 122 valence electrons. The summed E-state index contributed by atoms with van der Waals surface area (Å²) in [4.78, 5) is 11.5. The van der Waals surface area contributed by atoms with Gasteiger partial charge in [0.05, 0.1) is 12.3 Å². The Morgan fingerprint density at radius 1 is 1.36 bits per heavy atom. The molecule has 10 heteroatoms. The second-order valence-electron chi connectivity index (χ2n) is 3.92. The van der Waals surface area contributed by atoms with Crippen LogP contribution in [0.5, 0.6) is 0 Å². The molecule has 0 saturated carbocycles. The Morgan fingerprint density at radius 3 is 2.55 bits per heavy atom. The van der Waals surface area contributed by atoms with Gasteiger partial charge in [0.25, 0.3) is 0 Å². The van der Waals surface area contributed by atoms with Crippen molar-refractivity contribution in [2.24, 2.45) is 0 Å². The number of rotatable bonds is 4. The highest BCUT2D eigenvalue weighted by molar-refractivity contribution is 9.10. The topological polar surface area (TPSA) is 62.4 Å². The van der Waals surface area contributed by atoms with E-state index in [0.717, 1.165) is 10.2 Å². The van der Waals surface area contributed by atoms with Crippen molar-refractivity contribution in [3.63, 3.8) is 0 Å². The Balaban J connectivity index is 2.71. The van der Waals surface area contributed by atoms with Crippen LogP contribution in [0.4, 0.5) is 10.5 Å². The average molecular weight is 450 g/mol. The highest BCUT2D eigenvalue weighted by atomic mass is 79.9. The Hall–Kier alpha value is -0.470. The maximum atomic E-state index is 11.5. The van der Waals surface area contributed by atoms with Crippen molar-refractivity contribution in [2.75, 3.05) is 11.9 Å². The van der Waals surface area contributed by atoms with Crippen molar-refractivity contribution < 1.29 is 9.53 Å². The second kappa shape index (κ2) is 8.98. The summed E-state index contributed by atoms with van der Waals surface area (Å²) in [7, 11) is 0. The summed E-state index contributed by atoms with van der Waals surface area (Å²) >= 11 is 26.0. The lowest BCUT2D eigenvalue weighted by Crippen LogP contribution is -2.56. The molecule has 1 aromatic rings. The molecule has 0 aliphatic carbocycles. The largest absolute Gasteiger partial charge is 0.450 e. The molecule has 1 rings (SSSR count). The SMILES string of the molecule is CCOC(=O)N[C@@H](NC(=S)Nc1ccccc1Br)C(Cl)(Cl)Cl. The predicted octanol–water partition coefficient (Wildman–Crippen LogP) is 4.18. The van der Waals surface area contributed by atoms with Crippen LogP contribution in [0.1, 0.15) is 6.92 Å². The number of hydrogen-bond acceptors (Lipinski definition) is 3. The van der Waals surface area contributed by atoms with E-state index in [4.69, 9.17) is 51.8 Å². The Morgan fingerprint density at radius 2 is 2.00 bits per heavy atom. The first kappa shape index (κ1) is 19.6. The van der Waals surface area contributed by atoms with E-state index < -0.39 is 16.1 Å². The molecule has 0 aromatic heterocycles. The van der Waals surface area contributed by atoms with E-state index >= 15 is 0 Å². The van der Waals surface area contributed by atoms with Gasteiger partial charge in [0.2, 0.25) is 3.79 Å². The van der Waals surface area contributed by atoms with E-state index in [1.165, 1.54) is 0 Å². The smallest absolute Gasteiger partial charge is 0.408 e. The van der Waals surface area contributed by atoms with Crippen LogP contribution in [-0.2, 0) is 4.74 Å². The maximum absolute atomic E-state index is 11.5. The molecule has 1 aromatic carbocycles. The molecule has 0 unspecified atom stereocenters. The summed E-state index contributed by atoms with van der Waals surface area (Å²) in [5, 5.41) is 8.19. The van der Waals surface area contributed by atoms with Crippen molar-refractivity contribution in [3.05, 3.63) is 28.7 Å². The van der Waals surface area contributed by atoms with E-state index in [2.05, 4.69) is 31.9 Å². The Bertz CT molecular complexity index is 543. The molecule has 0 spiro atoms. The van der Waals surface area contributed by atoms with Crippen LogP contribution in [-0.4, -0.2) is 27.8 Å². The molecule has 0 heterocycles. The minimum atomic E-state index is -1.83. The zero-order valence-corrected chi connectivity index (χ0v) is 16.0. The number of benzene rings is 1. The summed E-state index contributed by atoms with van der Waals surface area (Å²) in [6, 6.07) is 7.34. The van der Waals surface area contributed by atoms with E-state index in [-0.39, 0.29) is 11.7 Å². The summed E-state index contributed by atoms with van der Waals surface area (Å²) in [6.45, 7) is 1.86. The second-order valence-corrected chi connectivity index (χ2v) is 7.55. The number of alkyl carbamates (subject to hydrolysis) is 1. The number of ether oxygens (including phenoxy) is 1. The summed E-state index contributed by atoms with van der Waals surface area (Å²) in [6.07, 6.45) is -1.80. The van der Waals surface area contributed by atoms with Crippen molar-refractivity contribution in [1.29, 1.82) is 0 Å². The quantitative estimate of drug-likeness (QED) is 0.366. The number of para-hydroxylation sites is 1. The van der Waals surface area contributed by atoms with Crippen molar-refractivity contribution >= 4 is 79.8 Å². The highest BCUT2D eigenvalue weighted by Crippen LogP contribution is 2.29. The standard InChI is InChI=1S/C12H13BrCl3N3O2S/c1-2-21-11(20)19-9(12(14,15)16)18-10(22)17-8-6-4-3-5-7(8)13/h3-6,9H,2H2,1H3,(H,19,20)(H2,17,18,22)/t9-/m1/s1. The zero-order valence-electron chi connectivity index (χ0n) is 11.3. The summed E-state index contributed by atoms with van der Waals surface area (Å²) in [5.41, 5.74) is 0.721. The Kier molecular flexibility index (Phi) is 7.99. The van der Waals surface area contributed by atoms with Gasteiger partial charge in [0.15, 0.2) is 11.3 Å². The van der Waals surface area contributed by atoms with Crippen LogP contribution in [0.2, 0.25) is 0 Å². The lowest BCUT2D eigenvalue weighted by molar-refractivity contribution is 0.147. The van der Waals surface area contributed by atoms with Gasteiger partial charge < -0.3 is 15.4 Å². The number of carbonyl (C=O) groups is 1. The first-order valence-electron chi connectivity index (χ1n) is 6.06. The molecule has 5 nitrogen and oxygen atoms in total. The predicted molar refractivity (Wildman–Crippen MR) is 97.7 cm³/mol. The third-order valence-electron chi connectivity index (χ3n) is 2.26. The molecular weight excluding hydrogens is 436 g/mol. The molecule has 0 saturated heterocycles. The van der Waals surface area contributed by atoms with Gasteiger partial charge in [0.1, 0.15) is 0 Å². The number of halogens is 4. The first-order valence-corrected chi connectivity index (χ1v) is 8.39. The minimum absolute atomic E-state index is 0.167. The fourth-order valence-corrected chi connectivity index (χ4v) is 2.28.